The van der Waals surface area contributed by atoms with E-state index in [2.05, 4.69) is 11.8 Å². The van der Waals surface area contributed by atoms with Crippen LogP contribution in [-0.2, 0) is 6.54 Å². The fourth-order valence-electron chi connectivity index (χ4n) is 2.74. The van der Waals surface area contributed by atoms with Crippen LogP contribution in [0.15, 0.2) is 18.2 Å². The summed E-state index contributed by atoms with van der Waals surface area (Å²) in [5.41, 5.74) is 8.26. The van der Waals surface area contributed by atoms with Gasteiger partial charge >= 0.3 is 0 Å². The van der Waals surface area contributed by atoms with Gasteiger partial charge in [0.1, 0.15) is 5.82 Å². The Bertz CT molecular complexity index is 403. The second-order valence-electron chi connectivity index (χ2n) is 5.57. The Hall–Kier alpha value is -0.930. The molecule has 0 aliphatic carbocycles. The first-order valence-corrected chi connectivity index (χ1v) is 6.79. The molecule has 2 nitrogen and oxygen atoms in total. The van der Waals surface area contributed by atoms with E-state index < -0.39 is 0 Å². The smallest absolute Gasteiger partial charge is 0.123 e. The number of aryl methyl sites for hydroxylation is 1. The van der Waals surface area contributed by atoms with Crippen LogP contribution in [0.25, 0.3) is 0 Å². The number of piperidine rings is 1. The van der Waals surface area contributed by atoms with Crippen LogP contribution in [0.2, 0.25) is 0 Å². The molecule has 0 saturated carbocycles. The standard InChI is InChI=1S/C15H23FN2/c1-11-8-15(16)6-5-13(11)9-18-7-3-4-14(10-18)12(2)17/h5-6,8,12,14H,3-4,7,9-10,17H2,1-2H3. The third-order valence-corrected chi connectivity index (χ3v) is 3.98. The highest BCUT2D eigenvalue weighted by atomic mass is 19.1. The number of hydrogen-bond acceptors (Lipinski definition) is 2. The Labute approximate surface area is 109 Å². The number of nitrogens with two attached hydrogens (primary N) is 1. The molecule has 0 spiro atoms. The van der Waals surface area contributed by atoms with Gasteiger partial charge in [-0.1, -0.05) is 6.07 Å². The molecular weight excluding hydrogens is 227 g/mol. The molecule has 2 atom stereocenters. The molecule has 1 saturated heterocycles. The molecule has 1 fully saturated rings. The van der Waals surface area contributed by atoms with E-state index >= 15 is 0 Å². The number of benzene rings is 1. The van der Waals surface area contributed by atoms with E-state index in [-0.39, 0.29) is 11.9 Å². The zero-order chi connectivity index (χ0) is 13.1. The van der Waals surface area contributed by atoms with Crippen molar-refractivity contribution < 1.29 is 4.39 Å². The Morgan fingerprint density at radius 2 is 2.28 bits per heavy atom. The Morgan fingerprint density at radius 3 is 2.94 bits per heavy atom. The first-order valence-electron chi connectivity index (χ1n) is 6.79. The van der Waals surface area contributed by atoms with Crippen LogP contribution in [0.3, 0.4) is 0 Å². The van der Waals surface area contributed by atoms with Gasteiger partial charge in [0.05, 0.1) is 0 Å². The Morgan fingerprint density at radius 1 is 1.50 bits per heavy atom. The summed E-state index contributed by atoms with van der Waals surface area (Å²) in [6.45, 7) is 7.17. The second-order valence-corrected chi connectivity index (χ2v) is 5.57. The maximum atomic E-state index is 13.1. The average molecular weight is 250 g/mol. The molecular formula is C15H23FN2. The molecule has 2 N–H and O–H groups in total. The summed E-state index contributed by atoms with van der Waals surface area (Å²) in [6, 6.07) is 5.33. The lowest BCUT2D eigenvalue weighted by Gasteiger charge is -2.34. The first-order chi connectivity index (χ1) is 8.56. The Balaban J connectivity index is 2.00. The van der Waals surface area contributed by atoms with Crippen LogP contribution in [0.4, 0.5) is 4.39 Å². The minimum Gasteiger partial charge on any atom is -0.328 e. The van der Waals surface area contributed by atoms with Gasteiger partial charge in [0.25, 0.3) is 0 Å². The van der Waals surface area contributed by atoms with Gasteiger partial charge in [-0.05, 0) is 62.4 Å². The fraction of sp³-hybridized carbons (Fsp3) is 0.600. The molecule has 0 radical (unpaired) electrons. The number of likely N-dealkylation sites (tertiary alicyclic amines) is 1. The Kier molecular flexibility index (Phi) is 4.36. The zero-order valence-electron chi connectivity index (χ0n) is 11.3. The van der Waals surface area contributed by atoms with Crippen molar-refractivity contribution in [2.24, 2.45) is 11.7 Å². The summed E-state index contributed by atoms with van der Waals surface area (Å²) in [5.74, 6) is 0.447. The van der Waals surface area contributed by atoms with Crippen molar-refractivity contribution in [2.75, 3.05) is 13.1 Å². The third-order valence-electron chi connectivity index (χ3n) is 3.98. The van der Waals surface area contributed by atoms with Crippen LogP contribution in [0, 0.1) is 18.7 Å². The third kappa shape index (κ3) is 3.30. The van der Waals surface area contributed by atoms with E-state index in [0.717, 1.165) is 25.2 Å². The summed E-state index contributed by atoms with van der Waals surface area (Å²) in [4.78, 5) is 2.44. The monoisotopic (exact) mass is 250 g/mol. The van der Waals surface area contributed by atoms with Crippen molar-refractivity contribution in [1.82, 2.24) is 4.90 Å². The SMILES string of the molecule is Cc1cc(F)ccc1CN1CCCC(C(C)N)C1. The molecule has 1 aromatic carbocycles. The molecule has 18 heavy (non-hydrogen) atoms. The molecule has 1 aromatic rings. The molecule has 2 rings (SSSR count). The van der Waals surface area contributed by atoms with Crippen molar-refractivity contribution in [3.05, 3.63) is 35.1 Å². The van der Waals surface area contributed by atoms with E-state index in [1.165, 1.54) is 18.4 Å². The zero-order valence-corrected chi connectivity index (χ0v) is 11.3. The highest BCUT2D eigenvalue weighted by Gasteiger charge is 2.22. The maximum absolute atomic E-state index is 13.1. The van der Waals surface area contributed by atoms with Gasteiger partial charge in [0.15, 0.2) is 0 Å². The van der Waals surface area contributed by atoms with Crippen LogP contribution < -0.4 is 5.73 Å². The van der Waals surface area contributed by atoms with Gasteiger partial charge in [-0.3, -0.25) is 4.90 Å². The highest BCUT2D eigenvalue weighted by Crippen LogP contribution is 2.21. The van der Waals surface area contributed by atoms with Crippen molar-refractivity contribution in [3.8, 4) is 0 Å². The molecule has 3 heteroatoms. The highest BCUT2D eigenvalue weighted by molar-refractivity contribution is 5.26. The van der Waals surface area contributed by atoms with Gasteiger partial charge in [-0.25, -0.2) is 4.39 Å². The van der Waals surface area contributed by atoms with Crippen LogP contribution >= 0.6 is 0 Å². The quantitative estimate of drug-likeness (QED) is 0.893. The molecule has 0 aromatic heterocycles. The maximum Gasteiger partial charge on any atom is 0.123 e. The molecule has 0 bridgehead atoms. The van der Waals surface area contributed by atoms with E-state index in [4.69, 9.17) is 5.73 Å². The van der Waals surface area contributed by atoms with E-state index in [1.807, 2.05) is 13.0 Å². The lowest BCUT2D eigenvalue weighted by atomic mass is 9.92. The summed E-state index contributed by atoms with van der Waals surface area (Å²) in [6.07, 6.45) is 2.45. The summed E-state index contributed by atoms with van der Waals surface area (Å²) in [7, 11) is 0. The molecule has 1 aliphatic heterocycles. The molecule has 1 heterocycles. The molecule has 1 aliphatic rings. The van der Waals surface area contributed by atoms with Gasteiger partial charge in [-0.2, -0.15) is 0 Å². The van der Waals surface area contributed by atoms with E-state index in [9.17, 15) is 4.39 Å². The average Bonchev–Trinajstić information content (AvgIpc) is 2.33. The minimum atomic E-state index is -0.150. The van der Waals surface area contributed by atoms with Crippen molar-refractivity contribution in [3.63, 3.8) is 0 Å². The van der Waals surface area contributed by atoms with E-state index in [1.54, 1.807) is 12.1 Å². The fourth-order valence-corrected chi connectivity index (χ4v) is 2.74. The number of halogens is 1. The minimum absolute atomic E-state index is 0.150. The van der Waals surface area contributed by atoms with Crippen LogP contribution in [0.1, 0.15) is 30.9 Å². The number of hydrogen-bond donors (Lipinski definition) is 1. The predicted octanol–water partition coefficient (Wildman–Crippen LogP) is 2.69. The topological polar surface area (TPSA) is 29.3 Å². The van der Waals surface area contributed by atoms with Gasteiger partial charge < -0.3 is 5.73 Å². The summed E-state index contributed by atoms with van der Waals surface area (Å²) < 4.78 is 13.1. The van der Waals surface area contributed by atoms with Crippen LogP contribution in [0.5, 0.6) is 0 Å². The van der Waals surface area contributed by atoms with Crippen molar-refractivity contribution in [2.45, 2.75) is 39.3 Å². The summed E-state index contributed by atoms with van der Waals surface area (Å²) in [5, 5.41) is 0. The largest absolute Gasteiger partial charge is 0.328 e. The molecule has 100 valence electrons. The summed E-state index contributed by atoms with van der Waals surface area (Å²) >= 11 is 0. The lowest BCUT2D eigenvalue weighted by Crippen LogP contribution is -2.42. The van der Waals surface area contributed by atoms with Crippen molar-refractivity contribution in [1.29, 1.82) is 0 Å². The lowest BCUT2D eigenvalue weighted by molar-refractivity contribution is 0.154. The number of rotatable bonds is 3. The van der Waals surface area contributed by atoms with Gasteiger partial charge in [0, 0.05) is 19.1 Å². The molecule has 2 unspecified atom stereocenters. The van der Waals surface area contributed by atoms with Gasteiger partial charge in [-0.15, -0.1) is 0 Å². The number of nitrogens with zero attached hydrogens (tertiary/aromatic N) is 1. The first kappa shape index (κ1) is 13.5. The normalized spacial score (nSPS) is 23.0. The predicted molar refractivity (Wildman–Crippen MR) is 72.8 cm³/mol. The molecule has 0 amide bonds. The van der Waals surface area contributed by atoms with Gasteiger partial charge in [0.2, 0.25) is 0 Å². The van der Waals surface area contributed by atoms with Crippen LogP contribution in [-0.4, -0.2) is 24.0 Å². The van der Waals surface area contributed by atoms with Crippen molar-refractivity contribution >= 4 is 0 Å². The van der Waals surface area contributed by atoms with E-state index in [0.29, 0.717) is 5.92 Å². The second kappa shape index (κ2) is 5.81.